The van der Waals surface area contributed by atoms with Gasteiger partial charge in [-0.1, -0.05) is 0 Å². The maximum absolute atomic E-state index is 4.37. The molecule has 3 nitrogen and oxygen atoms in total. The van der Waals surface area contributed by atoms with Crippen molar-refractivity contribution in [2.45, 2.75) is 19.9 Å². The maximum Gasteiger partial charge on any atom is 0.175 e. The number of fused-ring (bicyclic) bond motifs is 1. The third-order valence-corrected chi connectivity index (χ3v) is 2.07. The van der Waals surface area contributed by atoms with Crippen LogP contribution in [0.3, 0.4) is 0 Å². The summed E-state index contributed by atoms with van der Waals surface area (Å²) >= 11 is 0. The fourth-order valence-electron chi connectivity index (χ4n) is 1.20. The van der Waals surface area contributed by atoms with E-state index >= 15 is 0 Å². The zero-order valence-corrected chi connectivity index (χ0v) is 7.20. The van der Waals surface area contributed by atoms with E-state index in [1.165, 1.54) is 0 Å². The molecule has 2 heterocycles. The quantitative estimate of drug-likeness (QED) is 0.631. The van der Waals surface area contributed by atoms with Crippen molar-refractivity contribution in [3.05, 3.63) is 18.3 Å². The van der Waals surface area contributed by atoms with Gasteiger partial charge in [-0.2, -0.15) is 0 Å². The van der Waals surface area contributed by atoms with Crippen LogP contribution in [0.25, 0.3) is 0 Å². The number of pyridine rings is 1. The molecule has 1 unspecified atom stereocenters. The zero-order valence-electron chi connectivity index (χ0n) is 7.20. The average Bonchev–Trinajstić information content (AvgIpc) is 2.07. The first-order valence-electron chi connectivity index (χ1n) is 4.04. The first-order chi connectivity index (χ1) is 5.77. The molecular formula is C9H11N3. The Morgan fingerprint density at radius 1 is 1.50 bits per heavy atom. The van der Waals surface area contributed by atoms with Crippen LogP contribution in [0.2, 0.25) is 0 Å². The second kappa shape index (κ2) is 2.59. The summed E-state index contributed by atoms with van der Waals surface area (Å²) in [5, 5.41) is 3.32. The van der Waals surface area contributed by atoms with Crippen LogP contribution in [-0.4, -0.2) is 16.7 Å². The molecule has 3 heteroatoms. The minimum Gasteiger partial charge on any atom is -0.374 e. The van der Waals surface area contributed by atoms with Gasteiger partial charge in [-0.3, -0.25) is 0 Å². The summed E-state index contributed by atoms with van der Waals surface area (Å²) in [7, 11) is 0. The van der Waals surface area contributed by atoms with Crippen LogP contribution in [0.1, 0.15) is 13.8 Å². The van der Waals surface area contributed by atoms with Crippen molar-refractivity contribution >= 4 is 17.2 Å². The first kappa shape index (κ1) is 7.28. The standard InChI is InChI=1S/C9H11N3/c1-6-7(2)12-9-8(11-6)4-3-5-10-9/h3-6,11H,1-2H3. The normalized spacial score (nSPS) is 20.8. The molecule has 0 bridgehead atoms. The molecule has 1 atom stereocenters. The van der Waals surface area contributed by atoms with Gasteiger partial charge in [0.05, 0.1) is 11.7 Å². The molecule has 0 fully saturated rings. The Morgan fingerprint density at radius 3 is 3.17 bits per heavy atom. The van der Waals surface area contributed by atoms with E-state index in [1.54, 1.807) is 6.20 Å². The summed E-state index contributed by atoms with van der Waals surface area (Å²) < 4.78 is 0. The lowest BCUT2D eigenvalue weighted by Crippen LogP contribution is -2.26. The monoisotopic (exact) mass is 161 g/mol. The molecule has 0 radical (unpaired) electrons. The van der Waals surface area contributed by atoms with Crippen molar-refractivity contribution in [2.75, 3.05) is 5.32 Å². The Balaban J connectivity index is 2.49. The van der Waals surface area contributed by atoms with Gasteiger partial charge in [0.1, 0.15) is 0 Å². The summed E-state index contributed by atoms with van der Waals surface area (Å²) in [6.07, 6.45) is 1.76. The molecule has 1 aliphatic rings. The minimum atomic E-state index is 0.321. The molecule has 1 aromatic rings. The second-order valence-corrected chi connectivity index (χ2v) is 2.99. The van der Waals surface area contributed by atoms with Crippen LogP contribution in [0.4, 0.5) is 11.5 Å². The van der Waals surface area contributed by atoms with Gasteiger partial charge in [0.25, 0.3) is 0 Å². The molecule has 0 aromatic carbocycles. The largest absolute Gasteiger partial charge is 0.374 e. The minimum absolute atomic E-state index is 0.321. The van der Waals surface area contributed by atoms with Gasteiger partial charge < -0.3 is 5.32 Å². The van der Waals surface area contributed by atoms with Crippen LogP contribution in [0.15, 0.2) is 23.3 Å². The van der Waals surface area contributed by atoms with Crippen molar-refractivity contribution in [1.29, 1.82) is 0 Å². The van der Waals surface area contributed by atoms with Gasteiger partial charge >= 0.3 is 0 Å². The van der Waals surface area contributed by atoms with Crippen LogP contribution >= 0.6 is 0 Å². The molecule has 12 heavy (non-hydrogen) atoms. The van der Waals surface area contributed by atoms with E-state index < -0.39 is 0 Å². The van der Waals surface area contributed by atoms with Gasteiger partial charge in [0.2, 0.25) is 0 Å². The third kappa shape index (κ3) is 1.07. The van der Waals surface area contributed by atoms with E-state index in [9.17, 15) is 0 Å². The van der Waals surface area contributed by atoms with E-state index in [0.717, 1.165) is 17.2 Å². The number of rotatable bonds is 0. The van der Waals surface area contributed by atoms with Gasteiger partial charge in [-0.15, -0.1) is 0 Å². The Bertz CT molecular complexity index is 330. The second-order valence-electron chi connectivity index (χ2n) is 2.99. The summed E-state index contributed by atoms with van der Waals surface area (Å²) in [4.78, 5) is 8.52. The van der Waals surface area contributed by atoms with E-state index in [1.807, 2.05) is 19.1 Å². The maximum atomic E-state index is 4.37. The Hall–Kier alpha value is -1.38. The van der Waals surface area contributed by atoms with Gasteiger partial charge in [-0.25, -0.2) is 9.98 Å². The van der Waals surface area contributed by atoms with Crippen molar-refractivity contribution in [3.63, 3.8) is 0 Å². The Kier molecular flexibility index (Phi) is 1.57. The van der Waals surface area contributed by atoms with Gasteiger partial charge in [-0.05, 0) is 26.0 Å². The van der Waals surface area contributed by atoms with Crippen LogP contribution in [0.5, 0.6) is 0 Å². The fourth-order valence-corrected chi connectivity index (χ4v) is 1.20. The lowest BCUT2D eigenvalue weighted by Gasteiger charge is -2.20. The molecule has 0 spiro atoms. The Morgan fingerprint density at radius 2 is 2.33 bits per heavy atom. The lowest BCUT2D eigenvalue weighted by atomic mass is 10.2. The SMILES string of the molecule is CC1=Nc2ncccc2NC1C. The predicted octanol–water partition coefficient (Wildman–Crippen LogP) is 1.99. The van der Waals surface area contributed by atoms with Crippen molar-refractivity contribution in [2.24, 2.45) is 4.99 Å². The predicted molar refractivity (Wildman–Crippen MR) is 50.1 cm³/mol. The van der Waals surface area contributed by atoms with E-state index in [0.29, 0.717) is 6.04 Å². The summed E-state index contributed by atoms with van der Waals surface area (Å²) in [5.41, 5.74) is 2.11. The van der Waals surface area contributed by atoms with Gasteiger partial charge in [0.15, 0.2) is 5.82 Å². The van der Waals surface area contributed by atoms with Crippen molar-refractivity contribution in [1.82, 2.24) is 4.98 Å². The molecule has 2 rings (SSSR count). The number of aromatic nitrogens is 1. The topological polar surface area (TPSA) is 37.3 Å². The number of aliphatic imine (C=N–C) groups is 1. The van der Waals surface area contributed by atoms with E-state index in [-0.39, 0.29) is 0 Å². The smallest absolute Gasteiger partial charge is 0.175 e. The number of hydrogen-bond donors (Lipinski definition) is 1. The number of hydrogen-bond acceptors (Lipinski definition) is 3. The summed E-state index contributed by atoms with van der Waals surface area (Å²) in [6, 6.07) is 4.23. The highest BCUT2D eigenvalue weighted by molar-refractivity contribution is 5.95. The highest BCUT2D eigenvalue weighted by Crippen LogP contribution is 2.26. The fraction of sp³-hybridized carbons (Fsp3) is 0.333. The molecule has 1 aliphatic heterocycles. The summed E-state index contributed by atoms with van der Waals surface area (Å²) in [5.74, 6) is 0.799. The van der Waals surface area contributed by atoms with Crippen LogP contribution < -0.4 is 5.32 Å². The number of nitrogens with one attached hydrogen (secondary N) is 1. The lowest BCUT2D eigenvalue weighted by molar-refractivity contribution is 1.01. The van der Waals surface area contributed by atoms with Crippen molar-refractivity contribution < 1.29 is 0 Å². The molecule has 1 N–H and O–H groups in total. The van der Waals surface area contributed by atoms with Crippen LogP contribution in [0, 0.1) is 0 Å². The molecule has 0 saturated heterocycles. The molecule has 62 valence electrons. The zero-order chi connectivity index (χ0) is 8.55. The molecule has 0 aliphatic carbocycles. The van der Waals surface area contributed by atoms with E-state index in [2.05, 4.69) is 22.2 Å². The average molecular weight is 161 g/mol. The number of nitrogens with zero attached hydrogens (tertiary/aromatic N) is 2. The molecule has 1 aromatic heterocycles. The Labute approximate surface area is 71.6 Å². The van der Waals surface area contributed by atoms with E-state index in [4.69, 9.17) is 0 Å². The first-order valence-corrected chi connectivity index (χ1v) is 4.04. The van der Waals surface area contributed by atoms with Crippen molar-refractivity contribution in [3.8, 4) is 0 Å². The van der Waals surface area contributed by atoms with Gasteiger partial charge in [0, 0.05) is 11.9 Å². The van der Waals surface area contributed by atoms with Crippen LogP contribution in [-0.2, 0) is 0 Å². The highest BCUT2D eigenvalue weighted by atomic mass is 15.1. The highest BCUT2D eigenvalue weighted by Gasteiger charge is 2.14. The number of anilines is 1. The third-order valence-electron chi connectivity index (χ3n) is 2.07. The molecular weight excluding hydrogens is 150 g/mol. The summed E-state index contributed by atoms with van der Waals surface area (Å²) in [6.45, 7) is 4.10. The molecule has 0 amide bonds. The molecule has 0 saturated carbocycles.